The minimum atomic E-state index is -0.579. The van der Waals surface area contributed by atoms with Crippen LogP contribution < -0.4 is 9.47 Å². The van der Waals surface area contributed by atoms with E-state index >= 15 is 0 Å². The number of nitro groups is 1. The number of fused-ring (bicyclic) bond motifs is 1. The number of non-ortho nitro benzene ring substituents is 1. The molecule has 25 heavy (non-hydrogen) atoms. The van der Waals surface area contributed by atoms with Crippen molar-refractivity contribution in [2.24, 2.45) is 0 Å². The molecule has 0 atom stereocenters. The quantitative estimate of drug-likeness (QED) is 0.300. The smallest absolute Gasteiger partial charge is 0.344 e. The van der Waals surface area contributed by atoms with E-state index in [0.29, 0.717) is 28.7 Å². The topological polar surface area (TPSA) is 91.8 Å². The van der Waals surface area contributed by atoms with E-state index in [9.17, 15) is 14.9 Å². The molecule has 0 fully saturated rings. The first kappa shape index (κ1) is 16.5. The van der Waals surface area contributed by atoms with Crippen LogP contribution in [0.15, 0.2) is 46.9 Å². The second kappa shape index (κ2) is 6.64. The maximum atomic E-state index is 12.5. The molecule has 0 unspecified atom stereocenters. The van der Waals surface area contributed by atoms with Gasteiger partial charge in [-0.25, -0.2) is 4.79 Å². The van der Waals surface area contributed by atoms with Gasteiger partial charge < -0.3 is 13.9 Å². The van der Waals surface area contributed by atoms with E-state index in [1.807, 2.05) is 6.92 Å². The predicted molar refractivity (Wildman–Crippen MR) is 90.2 cm³/mol. The highest BCUT2D eigenvalue weighted by atomic mass is 16.6. The first-order valence-corrected chi connectivity index (χ1v) is 7.59. The Bertz CT molecular complexity index is 942. The summed E-state index contributed by atoms with van der Waals surface area (Å²) in [5, 5.41) is 11.3. The number of hydrogen-bond acceptors (Lipinski definition) is 6. The number of nitrogens with zero attached hydrogens (tertiary/aromatic N) is 1. The lowest BCUT2D eigenvalue weighted by Crippen LogP contribution is -2.09. The monoisotopic (exact) mass is 341 g/mol. The lowest BCUT2D eigenvalue weighted by atomic mass is 10.1. The molecule has 0 aliphatic rings. The van der Waals surface area contributed by atoms with E-state index in [1.165, 1.54) is 31.4 Å². The number of hydrogen-bond donors (Lipinski definition) is 0. The zero-order chi connectivity index (χ0) is 18.0. The van der Waals surface area contributed by atoms with Crippen LogP contribution in [0.3, 0.4) is 0 Å². The third-order valence-electron chi connectivity index (χ3n) is 3.74. The molecule has 0 spiro atoms. The van der Waals surface area contributed by atoms with Gasteiger partial charge in [-0.2, -0.15) is 0 Å². The summed E-state index contributed by atoms with van der Waals surface area (Å²) in [6.07, 6.45) is 0.675. The minimum absolute atomic E-state index is 0.0749. The van der Waals surface area contributed by atoms with Crippen LogP contribution in [0.5, 0.6) is 11.5 Å². The van der Waals surface area contributed by atoms with Gasteiger partial charge >= 0.3 is 5.97 Å². The van der Waals surface area contributed by atoms with Crippen molar-refractivity contribution in [2.45, 2.75) is 13.3 Å². The van der Waals surface area contributed by atoms with Crippen LogP contribution in [0.25, 0.3) is 11.0 Å². The Labute approximate surface area is 142 Å². The van der Waals surface area contributed by atoms with Crippen molar-refractivity contribution in [3.63, 3.8) is 0 Å². The van der Waals surface area contributed by atoms with Crippen molar-refractivity contribution < 1.29 is 23.6 Å². The molecule has 0 N–H and O–H groups in total. The van der Waals surface area contributed by atoms with Gasteiger partial charge in [0.2, 0.25) is 0 Å². The van der Waals surface area contributed by atoms with Crippen molar-refractivity contribution in [1.82, 2.24) is 0 Å². The molecule has 0 saturated heterocycles. The molecule has 0 aliphatic carbocycles. The van der Waals surface area contributed by atoms with Gasteiger partial charge in [0, 0.05) is 23.9 Å². The minimum Gasteiger partial charge on any atom is -0.493 e. The molecular weight excluding hydrogens is 326 g/mol. The lowest BCUT2D eigenvalue weighted by molar-refractivity contribution is -0.384. The van der Waals surface area contributed by atoms with Gasteiger partial charge in [-0.3, -0.25) is 10.1 Å². The highest BCUT2D eigenvalue weighted by Crippen LogP contribution is 2.32. The number of ether oxygens (including phenoxy) is 2. The zero-order valence-corrected chi connectivity index (χ0v) is 13.6. The molecule has 0 amide bonds. The highest BCUT2D eigenvalue weighted by Gasteiger charge is 2.19. The number of carbonyl (C=O) groups is 1. The van der Waals surface area contributed by atoms with Crippen LogP contribution in [0.2, 0.25) is 0 Å². The fraction of sp³-hybridized carbons (Fsp3) is 0.167. The second-order valence-electron chi connectivity index (χ2n) is 5.26. The summed E-state index contributed by atoms with van der Waals surface area (Å²) < 4.78 is 16.3. The van der Waals surface area contributed by atoms with E-state index in [-0.39, 0.29) is 11.4 Å². The molecule has 1 aromatic heterocycles. The van der Waals surface area contributed by atoms with Crippen molar-refractivity contribution in [2.75, 3.05) is 7.11 Å². The molecule has 128 valence electrons. The van der Waals surface area contributed by atoms with Gasteiger partial charge in [-0.05, 0) is 30.3 Å². The van der Waals surface area contributed by atoms with E-state index in [0.717, 1.165) is 5.76 Å². The fourth-order valence-electron chi connectivity index (χ4n) is 2.46. The maximum Gasteiger partial charge on any atom is 0.344 e. The largest absolute Gasteiger partial charge is 0.493 e. The average Bonchev–Trinajstić information content (AvgIpc) is 3.05. The Hall–Kier alpha value is -3.35. The van der Waals surface area contributed by atoms with Crippen molar-refractivity contribution in [3.05, 3.63) is 63.9 Å². The van der Waals surface area contributed by atoms with Gasteiger partial charge in [-0.1, -0.05) is 6.92 Å². The van der Waals surface area contributed by atoms with E-state index in [1.54, 1.807) is 18.2 Å². The van der Waals surface area contributed by atoms with E-state index < -0.39 is 10.9 Å². The Kier molecular flexibility index (Phi) is 4.38. The van der Waals surface area contributed by atoms with E-state index in [2.05, 4.69) is 0 Å². The second-order valence-corrected chi connectivity index (χ2v) is 5.26. The normalized spacial score (nSPS) is 10.6. The van der Waals surface area contributed by atoms with Crippen LogP contribution in [-0.4, -0.2) is 18.0 Å². The molecule has 3 rings (SSSR count). The van der Waals surface area contributed by atoms with Crippen LogP contribution in [-0.2, 0) is 6.42 Å². The predicted octanol–water partition coefficient (Wildman–Crippen LogP) is 4.13. The number of rotatable bonds is 5. The molecule has 7 heteroatoms. The number of nitro benzene ring substituents is 1. The number of methoxy groups -OCH3 is 1. The Morgan fingerprint density at radius 2 is 1.92 bits per heavy atom. The first-order chi connectivity index (χ1) is 12.0. The summed E-state index contributed by atoms with van der Waals surface area (Å²) in [5.41, 5.74) is 0.740. The highest BCUT2D eigenvalue weighted by molar-refractivity contribution is 6.05. The summed E-state index contributed by atoms with van der Waals surface area (Å²) in [4.78, 5) is 22.7. The molecule has 0 bridgehead atoms. The van der Waals surface area contributed by atoms with Gasteiger partial charge in [0.15, 0.2) is 11.3 Å². The van der Waals surface area contributed by atoms with Crippen LogP contribution >= 0.6 is 0 Å². The fourth-order valence-corrected chi connectivity index (χ4v) is 2.46. The van der Waals surface area contributed by atoms with Gasteiger partial charge in [-0.15, -0.1) is 0 Å². The van der Waals surface area contributed by atoms with Crippen LogP contribution in [0.1, 0.15) is 23.0 Å². The SMILES string of the molecule is CCc1cc2c(C(=O)Oc3ccc([N+](=O)[O-])cc3)ccc(OC)c2o1. The third-order valence-corrected chi connectivity index (χ3v) is 3.74. The van der Waals surface area contributed by atoms with Crippen molar-refractivity contribution in [3.8, 4) is 11.5 Å². The molecule has 2 aromatic carbocycles. The lowest BCUT2D eigenvalue weighted by Gasteiger charge is -2.07. The van der Waals surface area contributed by atoms with Gasteiger partial charge in [0.1, 0.15) is 11.5 Å². The standard InChI is InChI=1S/C18H15NO6/c1-3-12-10-15-14(8-9-16(23-2)17(15)24-12)18(20)25-13-6-4-11(5-7-13)19(21)22/h4-10H,3H2,1-2H3. The van der Waals surface area contributed by atoms with Crippen molar-refractivity contribution >= 4 is 22.6 Å². The molecular formula is C18H15NO6. The van der Waals surface area contributed by atoms with Gasteiger partial charge in [0.25, 0.3) is 5.69 Å². The average molecular weight is 341 g/mol. The molecule has 3 aromatic rings. The first-order valence-electron chi connectivity index (χ1n) is 7.59. The third kappa shape index (κ3) is 3.16. The molecule has 7 nitrogen and oxygen atoms in total. The Morgan fingerprint density at radius 3 is 2.52 bits per heavy atom. The number of benzene rings is 2. The van der Waals surface area contributed by atoms with E-state index in [4.69, 9.17) is 13.9 Å². The summed E-state index contributed by atoms with van der Waals surface area (Å²) >= 11 is 0. The van der Waals surface area contributed by atoms with Crippen LogP contribution in [0, 0.1) is 10.1 Å². The molecule has 0 aliphatic heterocycles. The molecule has 0 saturated carbocycles. The number of aryl methyl sites for hydroxylation is 1. The zero-order valence-electron chi connectivity index (χ0n) is 13.6. The Balaban J connectivity index is 1.94. The maximum absolute atomic E-state index is 12.5. The number of furan rings is 1. The number of esters is 1. The molecule has 0 radical (unpaired) electrons. The Morgan fingerprint density at radius 1 is 1.20 bits per heavy atom. The summed E-state index contributed by atoms with van der Waals surface area (Å²) in [7, 11) is 1.53. The van der Waals surface area contributed by atoms with Crippen LogP contribution in [0.4, 0.5) is 5.69 Å². The van der Waals surface area contributed by atoms with Crippen molar-refractivity contribution in [1.29, 1.82) is 0 Å². The summed E-state index contributed by atoms with van der Waals surface area (Å²) in [6, 6.07) is 10.3. The summed E-state index contributed by atoms with van der Waals surface area (Å²) in [5.74, 6) is 0.897. The number of carbonyl (C=O) groups excluding carboxylic acids is 1. The molecule has 1 heterocycles. The summed E-state index contributed by atoms with van der Waals surface area (Å²) in [6.45, 7) is 1.94. The van der Waals surface area contributed by atoms with Gasteiger partial charge in [0.05, 0.1) is 17.6 Å².